The second kappa shape index (κ2) is 7.68. The van der Waals surface area contributed by atoms with Gasteiger partial charge >= 0.3 is 0 Å². The smallest absolute Gasteiger partial charge is 0.266 e. The summed E-state index contributed by atoms with van der Waals surface area (Å²) in [7, 11) is -2.67. The van der Waals surface area contributed by atoms with Crippen molar-refractivity contribution in [2.24, 2.45) is 5.41 Å². The molecule has 3 rings (SSSR count). The summed E-state index contributed by atoms with van der Waals surface area (Å²) >= 11 is 0. The van der Waals surface area contributed by atoms with Gasteiger partial charge in [0, 0.05) is 12.0 Å². The molecule has 0 N–H and O–H groups in total. The van der Waals surface area contributed by atoms with Crippen LogP contribution in [0.3, 0.4) is 0 Å². The van der Waals surface area contributed by atoms with E-state index in [9.17, 15) is 8.78 Å². The minimum atomic E-state index is -2.67. The molecule has 0 aliphatic heterocycles. The molecule has 0 radical (unpaired) electrons. The molecule has 2 aromatic rings. The number of hydrogen-bond donors (Lipinski definition) is 0. The maximum absolute atomic E-state index is 13.1. The highest BCUT2D eigenvalue weighted by Crippen LogP contribution is 2.46. The molecule has 0 spiro atoms. The highest BCUT2D eigenvalue weighted by Gasteiger charge is 2.51. The van der Waals surface area contributed by atoms with Crippen LogP contribution in [0, 0.1) is 5.41 Å². The Morgan fingerprint density at radius 1 is 0.963 bits per heavy atom. The maximum atomic E-state index is 13.1. The molecule has 0 atom stereocenters. The van der Waals surface area contributed by atoms with Crippen molar-refractivity contribution in [2.45, 2.75) is 45.1 Å². The molecule has 144 valence electrons. The Balaban J connectivity index is 2.08. The molecule has 2 aromatic carbocycles. The molecule has 0 saturated heterocycles. The molecule has 0 heterocycles. The van der Waals surface area contributed by atoms with E-state index in [2.05, 4.69) is 45.0 Å². The summed E-state index contributed by atoms with van der Waals surface area (Å²) in [5.74, 6) is 0. The van der Waals surface area contributed by atoms with Crippen LogP contribution in [0.5, 0.6) is 0 Å². The van der Waals surface area contributed by atoms with Crippen molar-refractivity contribution >= 4 is 18.7 Å². The molecule has 27 heavy (non-hydrogen) atoms. The van der Waals surface area contributed by atoms with E-state index in [-0.39, 0.29) is 5.04 Å². The van der Waals surface area contributed by atoms with Crippen molar-refractivity contribution in [1.82, 2.24) is 0 Å². The van der Waals surface area contributed by atoms with Gasteiger partial charge in [-0.25, -0.2) is 0 Å². The first-order valence-electron chi connectivity index (χ1n) is 9.58. The van der Waals surface area contributed by atoms with E-state index in [1.165, 1.54) is 10.4 Å². The van der Waals surface area contributed by atoms with Crippen molar-refractivity contribution in [1.29, 1.82) is 0 Å². The average Bonchev–Trinajstić information content (AvgIpc) is 2.60. The Kier molecular flexibility index (Phi) is 5.68. The first-order valence-corrected chi connectivity index (χ1v) is 11.5. The van der Waals surface area contributed by atoms with E-state index >= 15 is 0 Å². The molecule has 0 unspecified atom stereocenters. The minimum absolute atomic E-state index is 0.140. The van der Waals surface area contributed by atoms with Crippen LogP contribution in [0.25, 0.3) is 0 Å². The topological polar surface area (TPSA) is 9.23 Å². The predicted molar refractivity (Wildman–Crippen MR) is 110 cm³/mol. The molecule has 1 saturated carbocycles. The summed E-state index contributed by atoms with van der Waals surface area (Å²) in [6, 6.07) is 20.7. The normalized spacial score (nSPS) is 16.5. The quantitative estimate of drug-likeness (QED) is 0.595. The zero-order valence-corrected chi connectivity index (χ0v) is 17.3. The number of benzene rings is 2. The summed E-state index contributed by atoms with van der Waals surface area (Å²) < 4.78 is 33.0. The summed E-state index contributed by atoms with van der Waals surface area (Å²) in [6.45, 7) is 6.96. The lowest BCUT2D eigenvalue weighted by Gasteiger charge is -2.47. The Morgan fingerprint density at radius 3 is 1.78 bits per heavy atom. The Labute approximate surface area is 162 Å². The standard InChI is InChI=1S/C23H28F2OSi/c1-22(2,3)27(19-11-6-4-7-12-19,20-13-8-5-9-14-20)26-18-23(15-10-16-23)17-21(24)25/h4-9,11-14,17H,10,15-16,18H2,1-3H3. The van der Waals surface area contributed by atoms with E-state index < -0.39 is 19.8 Å². The van der Waals surface area contributed by atoms with Gasteiger partial charge in [-0.05, 0) is 34.3 Å². The van der Waals surface area contributed by atoms with Gasteiger partial charge < -0.3 is 4.43 Å². The number of hydrogen-bond acceptors (Lipinski definition) is 1. The average molecular weight is 387 g/mol. The van der Waals surface area contributed by atoms with Gasteiger partial charge in [0.15, 0.2) is 0 Å². The molecule has 0 bridgehead atoms. The number of halogens is 2. The molecule has 1 fully saturated rings. The Hall–Kier alpha value is -1.78. The third kappa shape index (κ3) is 3.92. The van der Waals surface area contributed by atoms with Crippen LogP contribution in [-0.2, 0) is 4.43 Å². The maximum Gasteiger partial charge on any atom is 0.266 e. The lowest BCUT2D eigenvalue weighted by molar-refractivity contribution is 0.0960. The van der Waals surface area contributed by atoms with Gasteiger partial charge in [-0.2, -0.15) is 8.78 Å². The Morgan fingerprint density at radius 2 is 1.44 bits per heavy atom. The zero-order chi connectivity index (χ0) is 19.5. The van der Waals surface area contributed by atoms with Crippen LogP contribution >= 0.6 is 0 Å². The van der Waals surface area contributed by atoms with Crippen LogP contribution in [0.4, 0.5) is 8.78 Å². The lowest BCUT2D eigenvalue weighted by atomic mass is 9.69. The molecule has 0 amide bonds. The van der Waals surface area contributed by atoms with E-state index in [1.54, 1.807) is 0 Å². The van der Waals surface area contributed by atoms with Crippen molar-refractivity contribution in [2.75, 3.05) is 6.61 Å². The van der Waals surface area contributed by atoms with Gasteiger partial charge in [0.05, 0.1) is 0 Å². The van der Waals surface area contributed by atoms with Crippen molar-refractivity contribution < 1.29 is 13.2 Å². The fourth-order valence-corrected chi connectivity index (χ4v) is 8.87. The van der Waals surface area contributed by atoms with Crippen LogP contribution in [0.15, 0.2) is 72.8 Å². The van der Waals surface area contributed by atoms with Crippen LogP contribution in [0.1, 0.15) is 40.0 Å². The fraction of sp³-hybridized carbons (Fsp3) is 0.391. The minimum Gasteiger partial charge on any atom is -0.407 e. The van der Waals surface area contributed by atoms with Gasteiger partial charge in [-0.1, -0.05) is 87.9 Å². The van der Waals surface area contributed by atoms with Gasteiger partial charge in [0.2, 0.25) is 0 Å². The van der Waals surface area contributed by atoms with Crippen molar-refractivity contribution in [3.8, 4) is 0 Å². The van der Waals surface area contributed by atoms with Crippen LogP contribution in [0.2, 0.25) is 5.04 Å². The Bertz CT molecular complexity index is 734. The van der Waals surface area contributed by atoms with Gasteiger partial charge in [-0.3, -0.25) is 0 Å². The zero-order valence-electron chi connectivity index (χ0n) is 16.3. The summed E-state index contributed by atoms with van der Waals surface area (Å²) in [5.41, 5.74) is -0.522. The second-order valence-electron chi connectivity index (χ2n) is 8.60. The summed E-state index contributed by atoms with van der Waals surface area (Å²) in [6.07, 6.45) is 2.05. The highest BCUT2D eigenvalue weighted by molar-refractivity contribution is 6.99. The number of rotatable bonds is 6. The van der Waals surface area contributed by atoms with Crippen LogP contribution < -0.4 is 10.4 Å². The summed E-state index contributed by atoms with van der Waals surface area (Å²) in [4.78, 5) is 0. The molecule has 0 aromatic heterocycles. The van der Waals surface area contributed by atoms with Gasteiger partial charge in [0.1, 0.15) is 0 Å². The third-order valence-electron chi connectivity index (χ3n) is 5.76. The van der Waals surface area contributed by atoms with E-state index in [4.69, 9.17) is 4.43 Å². The first-order chi connectivity index (χ1) is 12.8. The van der Waals surface area contributed by atoms with E-state index in [0.29, 0.717) is 6.61 Å². The molecule has 1 aliphatic rings. The second-order valence-corrected chi connectivity index (χ2v) is 12.9. The third-order valence-corrected chi connectivity index (χ3v) is 10.7. The SMILES string of the molecule is CC(C)(C)[Si](OCC1(C=C(F)F)CCC1)(c1ccccc1)c1ccccc1. The summed E-state index contributed by atoms with van der Waals surface area (Å²) in [5, 5.41) is 2.23. The lowest BCUT2D eigenvalue weighted by Crippen LogP contribution is -2.67. The van der Waals surface area contributed by atoms with Crippen LogP contribution in [-0.4, -0.2) is 14.9 Å². The predicted octanol–water partition coefficient (Wildman–Crippen LogP) is 5.51. The molecule has 1 aliphatic carbocycles. The molecular weight excluding hydrogens is 358 g/mol. The van der Waals surface area contributed by atoms with E-state index in [0.717, 1.165) is 25.3 Å². The van der Waals surface area contributed by atoms with Crippen molar-refractivity contribution in [3.63, 3.8) is 0 Å². The highest BCUT2D eigenvalue weighted by atomic mass is 28.4. The molecular formula is C23H28F2OSi. The molecule has 4 heteroatoms. The van der Waals surface area contributed by atoms with Gasteiger partial charge in [-0.15, -0.1) is 0 Å². The largest absolute Gasteiger partial charge is 0.407 e. The van der Waals surface area contributed by atoms with Gasteiger partial charge in [0.25, 0.3) is 14.4 Å². The monoisotopic (exact) mass is 386 g/mol. The fourth-order valence-electron chi connectivity index (χ4n) is 4.21. The first kappa shape index (κ1) is 20.0. The van der Waals surface area contributed by atoms with Crippen molar-refractivity contribution in [3.05, 3.63) is 72.8 Å². The van der Waals surface area contributed by atoms with E-state index in [1.807, 2.05) is 36.4 Å². The molecule has 1 nitrogen and oxygen atoms in total.